The van der Waals surface area contributed by atoms with Crippen LogP contribution in [0.1, 0.15) is 11.4 Å². The van der Waals surface area contributed by atoms with Gasteiger partial charge in [-0.1, -0.05) is 6.07 Å². The summed E-state index contributed by atoms with van der Waals surface area (Å²) in [5, 5.41) is 0. The van der Waals surface area contributed by atoms with Gasteiger partial charge in [0.05, 0.1) is 12.2 Å². The third kappa shape index (κ3) is 3.99. The minimum Gasteiger partial charge on any atom is -0.347 e. The van der Waals surface area contributed by atoms with E-state index in [1.807, 2.05) is 0 Å². The van der Waals surface area contributed by atoms with Gasteiger partial charge in [0.15, 0.2) is 4.90 Å². The van der Waals surface area contributed by atoms with Crippen molar-refractivity contribution in [3.63, 3.8) is 0 Å². The van der Waals surface area contributed by atoms with Crippen LogP contribution in [0, 0.1) is 18.6 Å². The molecule has 124 valence electrons. The number of nitrogens with zero attached hydrogens (tertiary/aromatic N) is 3. The Hall–Kier alpha value is -2.13. The van der Waals surface area contributed by atoms with Crippen LogP contribution in [0.3, 0.4) is 0 Å². The highest BCUT2D eigenvalue weighted by Gasteiger charge is 2.23. The van der Waals surface area contributed by atoms with Crippen molar-refractivity contribution in [3.05, 3.63) is 47.3 Å². The molecule has 0 unspecified atom stereocenters. The average Bonchev–Trinajstić information content (AvgIpc) is 2.44. The Morgan fingerprint density at radius 2 is 1.78 bits per heavy atom. The molecule has 0 aliphatic rings. The lowest BCUT2D eigenvalue weighted by molar-refractivity contribution is 0.513. The summed E-state index contributed by atoms with van der Waals surface area (Å²) in [7, 11) is -0.845. The summed E-state index contributed by atoms with van der Waals surface area (Å²) in [6, 6.07) is 4.46. The molecule has 0 aliphatic carbocycles. The number of rotatable bonds is 5. The maximum absolute atomic E-state index is 13.6. The highest BCUT2D eigenvalue weighted by atomic mass is 32.2. The number of benzene rings is 1. The molecule has 0 atom stereocenters. The fourth-order valence-electron chi connectivity index (χ4n) is 1.89. The van der Waals surface area contributed by atoms with E-state index in [2.05, 4.69) is 14.7 Å². The number of hydrogen-bond donors (Lipinski definition) is 1. The minimum atomic E-state index is -4.34. The molecule has 0 bridgehead atoms. The summed E-state index contributed by atoms with van der Waals surface area (Å²) >= 11 is 0. The molecular weight excluding hydrogens is 326 g/mol. The van der Waals surface area contributed by atoms with E-state index in [-0.39, 0.29) is 6.54 Å². The van der Waals surface area contributed by atoms with Crippen molar-refractivity contribution in [1.82, 2.24) is 14.7 Å². The average molecular weight is 342 g/mol. The molecule has 0 spiro atoms. The number of nitrogens with one attached hydrogen (secondary N) is 1. The van der Waals surface area contributed by atoms with Crippen LogP contribution in [-0.4, -0.2) is 32.5 Å². The third-order valence-electron chi connectivity index (χ3n) is 2.93. The maximum atomic E-state index is 13.6. The first-order chi connectivity index (χ1) is 10.7. The first kappa shape index (κ1) is 17.2. The lowest BCUT2D eigenvalue weighted by atomic mass is 10.3. The molecule has 2 rings (SSSR count). The van der Waals surface area contributed by atoms with Crippen molar-refractivity contribution in [3.8, 4) is 0 Å². The van der Waals surface area contributed by atoms with Crippen molar-refractivity contribution in [2.75, 3.05) is 19.0 Å². The lowest BCUT2D eigenvalue weighted by Gasteiger charge is -2.13. The molecule has 0 saturated heterocycles. The molecule has 1 aromatic carbocycles. The molecule has 0 saturated carbocycles. The number of aryl methyl sites for hydroxylation is 1. The second-order valence-electron chi connectivity index (χ2n) is 5.07. The molecule has 0 radical (unpaired) electrons. The Morgan fingerprint density at radius 1 is 1.17 bits per heavy atom. The molecule has 0 fully saturated rings. The predicted molar refractivity (Wildman–Crippen MR) is 81.5 cm³/mol. The first-order valence-corrected chi connectivity index (χ1v) is 8.14. The van der Waals surface area contributed by atoms with Crippen LogP contribution in [0.2, 0.25) is 0 Å². The standard InChI is InChI=1S/C14H16F2N4O2S/c1-9-7-10(19-14(18-9)20(2)3)8-17-23(21,22)13-11(15)5-4-6-12(13)16/h4-7,17H,8H2,1-3H3. The molecule has 1 heterocycles. The van der Waals surface area contributed by atoms with Gasteiger partial charge in [0, 0.05) is 19.8 Å². The number of hydrogen-bond acceptors (Lipinski definition) is 5. The fourth-order valence-corrected chi connectivity index (χ4v) is 3.02. The van der Waals surface area contributed by atoms with E-state index in [9.17, 15) is 17.2 Å². The summed E-state index contributed by atoms with van der Waals surface area (Å²) in [6.07, 6.45) is 0. The third-order valence-corrected chi connectivity index (χ3v) is 4.38. The van der Waals surface area contributed by atoms with Crippen LogP contribution in [-0.2, 0) is 16.6 Å². The van der Waals surface area contributed by atoms with Gasteiger partial charge in [0.2, 0.25) is 16.0 Å². The van der Waals surface area contributed by atoms with Gasteiger partial charge >= 0.3 is 0 Å². The van der Waals surface area contributed by atoms with Crippen LogP contribution < -0.4 is 9.62 Å². The zero-order valence-corrected chi connectivity index (χ0v) is 13.7. The van der Waals surface area contributed by atoms with Gasteiger partial charge in [-0.15, -0.1) is 0 Å². The van der Waals surface area contributed by atoms with Crippen molar-refractivity contribution >= 4 is 16.0 Å². The summed E-state index contributed by atoms with van der Waals surface area (Å²) < 4.78 is 53.6. The number of anilines is 1. The Labute approximate surface area is 133 Å². The van der Waals surface area contributed by atoms with E-state index >= 15 is 0 Å². The second-order valence-corrected chi connectivity index (χ2v) is 6.77. The lowest BCUT2D eigenvalue weighted by Crippen LogP contribution is -2.26. The highest BCUT2D eigenvalue weighted by Crippen LogP contribution is 2.18. The summed E-state index contributed by atoms with van der Waals surface area (Å²) in [5.74, 6) is -1.88. The molecule has 23 heavy (non-hydrogen) atoms. The largest absolute Gasteiger partial charge is 0.347 e. The molecule has 6 nitrogen and oxygen atoms in total. The second kappa shape index (κ2) is 6.55. The molecule has 1 aromatic heterocycles. The van der Waals surface area contributed by atoms with E-state index in [4.69, 9.17) is 0 Å². The molecule has 0 aliphatic heterocycles. The zero-order chi connectivity index (χ0) is 17.2. The minimum absolute atomic E-state index is 0.208. The van der Waals surface area contributed by atoms with Crippen LogP contribution in [0.25, 0.3) is 0 Å². The quantitative estimate of drug-likeness (QED) is 0.893. The Balaban J connectivity index is 2.27. The van der Waals surface area contributed by atoms with Gasteiger partial charge in [-0.3, -0.25) is 0 Å². The molecule has 1 N–H and O–H groups in total. The van der Waals surface area contributed by atoms with Gasteiger partial charge in [0.25, 0.3) is 0 Å². The van der Waals surface area contributed by atoms with Crippen LogP contribution in [0.5, 0.6) is 0 Å². The number of halogens is 2. The van der Waals surface area contributed by atoms with Gasteiger partial charge in [-0.05, 0) is 25.1 Å². The maximum Gasteiger partial charge on any atom is 0.246 e. The molecule has 9 heteroatoms. The van der Waals surface area contributed by atoms with Gasteiger partial charge in [-0.2, -0.15) is 0 Å². The van der Waals surface area contributed by atoms with Gasteiger partial charge in [0.1, 0.15) is 11.6 Å². The highest BCUT2D eigenvalue weighted by molar-refractivity contribution is 7.89. The van der Waals surface area contributed by atoms with Crippen LogP contribution in [0.15, 0.2) is 29.2 Å². The van der Waals surface area contributed by atoms with E-state index < -0.39 is 26.6 Å². The fraction of sp³-hybridized carbons (Fsp3) is 0.286. The first-order valence-electron chi connectivity index (χ1n) is 6.66. The monoisotopic (exact) mass is 342 g/mol. The van der Waals surface area contributed by atoms with E-state index in [0.717, 1.165) is 18.2 Å². The van der Waals surface area contributed by atoms with Crippen LogP contribution in [0.4, 0.5) is 14.7 Å². The Bertz CT molecular complexity index is 805. The van der Waals surface area contributed by atoms with Crippen molar-refractivity contribution in [2.45, 2.75) is 18.4 Å². The van der Waals surface area contributed by atoms with Crippen molar-refractivity contribution < 1.29 is 17.2 Å². The topological polar surface area (TPSA) is 75.2 Å². The number of sulfonamides is 1. The normalized spacial score (nSPS) is 11.5. The summed E-state index contributed by atoms with van der Waals surface area (Å²) in [4.78, 5) is 9.02. The van der Waals surface area contributed by atoms with Crippen LogP contribution >= 0.6 is 0 Å². The van der Waals surface area contributed by atoms with E-state index in [0.29, 0.717) is 17.3 Å². The smallest absolute Gasteiger partial charge is 0.246 e. The SMILES string of the molecule is Cc1cc(CNS(=O)(=O)c2c(F)cccc2F)nc(N(C)C)n1. The van der Waals surface area contributed by atoms with E-state index in [1.54, 1.807) is 32.0 Å². The predicted octanol–water partition coefficient (Wildman–Crippen LogP) is 1.61. The van der Waals surface area contributed by atoms with Crippen molar-refractivity contribution in [1.29, 1.82) is 0 Å². The molecular formula is C14H16F2N4O2S. The van der Waals surface area contributed by atoms with Gasteiger partial charge < -0.3 is 4.90 Å². The Kier molecular flexibility index (Phi) is 4.90. The summed E-state index contributed by atoms with van der Waals surface area (Å²) in [5.41, 5.74) is 1.04. The molecule has 0 amide bonds. The van der Waals surface area contributed by atoms with Gasteiger partial charge in [-0.25, -0.2) is 31.9 Å². The van der Waals surface area contributed by atoms with Crippen molar-refractivity contribution in [2.24, 2.45) is 0 Å². The summed E-state index contributed by atoms with van der Waals surface area (Å²) in [6.45, 7) is 1.53. The Morgan fingerprint density at radius 3 is 2.35 bits per heavy atom. The van der Waals surface area contributed by atoms with E-state index in [1.165, 1.54) is 0 Å². The zero-order valence-electron chi connectivity index (χ0n) is 12.8. The molecule has 2 aromatic rings. The number of aromatic nitrogens is 2.